The summed E-state index contributed by atoms with van der Waals surface area (Å²) in [5.74, 6) is 0. The van der Waals surface area contributed by atoms with Crippen molar-refractivity contribution in [3.05, 3.63) is 16.6 Å². The van der Waals surface area contributed by atoms with Crippen LogP contribution in [-0.2, 0) is 6.42 Å². The molecule has 1 saturated carbocycles. The van der Waals surface area contributed by atoms with Crippen LogP contribution in [0.15, 0.2) is 11.6 Å². The predicted octanol–water partition coefficient (Wildman–Crippen LogP) is 2.09. The van der Waals surface area contributed by atoms with Gasteiger partial charge in [-0.1, -0.05) is 12.8 Å². The van der Waals surface area contributed by atoms with Gasteiger partial charge in [-0.3, -0.25) is 0 Å². The number of hydrogen-bond donors (Lipinski definition) is 2. The number of hydrogen-bond acceptors (Lipinski definition) is 3. The first-order valence-electron chi connectivity index (χ1n) is 5.77. The van der Waals surface area contributed by atoms with E-state index in [1.54, 1.807) is 11.3 Å². The third-order valence-electron chi connectivity index (χ3n) is 2.80. The van der Waals surface area contributed by atoms with Crippen LogP contribution in [0.2, 0.25) is 0 Å². The van der Waals surface area contributed by atoms with Crippen LogP contribution in [0.5, 0.6) is 0 Å². The first kappa shape index (κ1) is 11.8. The summed E-state index contributed by atoms with van der Waals surface area (Å²) in [6.07, 6.45) is 7.97. The molecule has 3 nitrogen and oxygen atoms in total. The molecule has 0 bridgehead atoms. The second-order valence-electron chi connectivity index (χ2n) is 4.06. The average molecular weight is 255 g/mol. The lowest BCUT2D eigenvalue weighted by Crippen LogP contribution is -2.41. The number of nitrogens with zero attached hydrogens (tertiary/aromatic N) is 1. The van der Waals surface area contributed by atoms with E-state index in [4.69, 9.17) is 12.2 Å². The van der Waals surface area contributed by atoms with E-state index in [1.165, 1.54) is 25.7 Å². The molecular formula is C11H17N3S2. The van der Waals surface area contributed by atoms with E-state index in [-0.39, 0.29) is 0 Å². The summed E-state index contributed by atoms with van der Waals surface area (Å²) in [5.41, 5.74) is 0. The lowest BCUT2D eigenvalue weighted by atomic mass is 10.3. The Morgan fingerprint density at radius 1 is 1.50 bits per heavy atom. The van der Waals surface area contributed by atoms with E-state index in [9.17, 15) is 0 Å². The van der Waals surface area contributed by atoms with Gasteiger partial charge in [0.05, 0.1) is 5.01 Å². The highest BCUT2D eigenvalue weighted by atomic mass is 32.1. The third kappa shape index (κ3) is 3.72. The largest absolute Gasteiger partial charge is 0.362 e. The first-order valence-corrected chi connectivity index (χ1v) is 7.06. The fourth-order valence-corrected chi connectivity index (χ4v) is 2.86. The molecule has 0 unspecified atom stereocenters. The molecule has 16 heavy (non-hydrogen) atoms. The van der Waals surface area contributed by atoms with E-state index in [0.29, 0.717) is 6.04 Å². The molecule has 1 aromatic rings. The number of rotatable bonds is 4. The standard InChI is InChI=1S/C11H17N3S2/c15-11(14-9-3-1-2-4-9)13-6-5-10-12-7-8-16-10/h7-9H,1-6H2,(H2,13,14,15). The van der Waals surface area contributed by atoms with Crippen molar-refractivity contribution in [1.29, 1.82) is 0 Å². The van der Waals surface area contributed by atoms with Crippen molar-refractivity contribution < 1.29 is 0 Å². The van der Waals surface area contributed by atoms with Gasteiger partial charge in [-0.25, -0.2) is 4.98 Å². The molecule has 2 rings (SSSR count). The van der Waals surface area contributed by atoms with Crippen LogP contribution in [0.3, 0.4) is 0 Å². The van der Waals surface area contributed by atoms with Crippen LogP contribution < -0.4 is 10.6 Å². The van der Waals surface area contributed by atoms with E-state index in [1.807, 2.05) is 11.6 Å². The number of nitrogens with one attached hydrogen (secondary N) is 2. The Kier molecular flexibility index (Phi) is 4.54. The minimum Gasteiger partial charge on any atom is -0.362 e. The Hall–Kier alpha value is -0.680. The summed E-state index contributed by atoms with van der Waals surface area (Å²) in [6, 6.07) is 0.597. The Labute approximate surface area is 106 Å². The molecule has 0 amide bonds. The van der Waals surface area contributed by atoms with Gasteiger partial charge in [0.25, 0.3) is 0 Å². The molecule has 1 aliphatic carbocycles. The summed E-state index contributed by atoms with van der Waals surface area (Å²) >= 11 is 6.94. The van der Waals surface area contributed by atoms with Crippen molar-refractivity contribution in [3.8, 4) is 0 Å². The lowest BCUT2D eigenvalue weighted by Gasteiger charge is -2.15. The maximum absolute atomic E-state index is 5.25. The van der Waals surface area contributed by atoms with Gasteiger partial charge in [-0.15, -0.1) is 11.3 Å². The second-order valence-corrected chi connectivity index (χ2v) is 5.44. The molecule has 1 aliphatic rings. The van der Waals surface area contributed by atoms with E-state index >= 15 is 0 Å². The normalized spacial score (nSPS) is 16.2. The van der Waals surface area contributed by atoms with E-state index < -0.39 is 0 Å². The molecule has 2 N–H and O–H groups in total. The Morgan fingerprint density at radius 3 is 3.00 bits per heavy atom. The molecular weight excluding hydrogens is 238 g/mol. The van der Waals surface area contributed by atoms with Crippen LogP contribution in [0.25, 0.3) is 0 Å². The quantitative estimate of drug-likeness (QED) is 0.808. The van der Waals surface area contributed by atoms with Gasteiger partial charge in [0.2, 0.25) is 0 Å². The SMILES string of the molecule is S=C(NCCc1nccs1)NC1CCCC1. The van der Waals surface area contributed by atoms with Crippen molar-refractivity contribution in [2.75, 3.05) is 6.54 Å². The molecule has 0 aromatic carbocycles. The number of thiazole rings is 1. The van der Waals surface area contributed by atoms with Crippen molar-refractivity contribution in [3.63, 3.8) is 0 Å². The first-order chi connectivity index (χ1) is 7.84. The van der Waals surface area contributed by atoms with Gasteiger partial charge in [-0.05, 0) is 25.1 Å². The fraction of sp³-hybridized carbons (Fsp3) is 0.636. The lowest BCUT2D eigenvalue weighted by molar-refractivity contribution is 0.621. The van der Waals surface area contributed by atoms with E-state index in [2.05, 4.69) is 15.6 Å². The third-order valence-corrected chi connectivity index (χ3v) is 3.90. The highest BCUT2D eigenvalue weighted by molar-refractivity contribution is 7.80. The van der Waals surface area contributed by atoms with Gasteiger partial charge in [0.15, 0.2) is 5.11 Å². The number of aromatic nitrogens is 1. The van der Waals surface area contributed by atoms with Gasteiger partial charge < -0.3 is 10.6 Å². The fourth-order valence-electron chi connectivity index (χ4n) is 1.97. The Morgan fingerprint density at radius 2 is 2.31 bits per heavy atom. The summed E-state index contributed by atoms with van der Waals surface area (Å²) in [7, 11) is 0. The molecule has 0 radical (unpaired) electrons. The maximum atomic E-state index is 5.25. The highest BCUT2D eigenvalue weighted by Gasteiger charge is 2.14. The van der Waals surface area contributed by atoms with Crippen molar-refractivity contribution in [1.82, 2.24) is 15.6 Å². The Bertz CT molecular complexity index is 318. The van der Waals surface area contributed by atoms with Crippen LogP contribution in [0.1, 0.15) is 30.7 Å². The molecule has 0 saturated heterocycles. The number of thiocarbonyl (C=S) groups is 1. The van der Waals surface area contributed by atoms with Crippen LogP contribution in [-0.4, -0.2) is 22.7 Å². The van der Waals surface area contributed by atoms with Crippen LogP contribution >= 0.6 is 23.6 Å². The van der Waals surface area contributed by atoms with Crippen LogP contribution in [0.4, 0.5) is 0 Å². The Balaban J connectivity index is 1.60. The molecule has 0 atom stereocenters. The highest BCUT2D eigenvalue weighted by Crippen LogP contribution is 2.17. The summed E-state index contributed by atoms with van der Waals surface area (Å²) in [6.45, 7) is 0.867. The summed E-state index contributed by atoms with van der Waals surface area (Å²) in [4.78, 5) is 4.23. The predicted molar refractivity (Wildman–Crippen MR) is 71.8 cm³/mol. The molecule has 0 aliphatic heterocycles. The maximum Gasteiger partial charge on any atom is 0.166 e. The van der Waals surface area contributed by atoms with Gasteiger partial charge in [-0.2, -0.15) is 0 Å². The van der Waals surface area contributed by atoms with Gasteiger partial charge >= 0.3 is 0 Å². The topological polar surface area (TPSA) is 37.0 Å². The summed E-state index contributed by atoms with van der Waals surface area (Å²) < 4.78 is 0. The van der Waals surface area contributed by atoms with E-state index in [0.717, 1.165) is 23.1 Å². The monoisotopic (exact) mass is 255 g/mol. The van der Waals surface area contributed by atoms with Crippen molar-refractivity contribution in [2.24, 2.45) is 0 Å². The molecule has 1 heterocycles. The average Bonchev–Trinajstić information content (AvgIpc) is 2.90. The minimum absolute atomic E-state index is 0.597. The van der Waals surface area contributed by atoms with Gasteiger partial charge in [0, 0.05) is 30.6 Å². The zero-order valence-electron chi connectivity index (χ0n) is 9.24. The van der Waals surface area contributed by atoms with Crippen molar-refractivity contribution >= 4 is 28.7 Å². The molecule has 88 valence electrons. The molecule has 5 heteroatoms. The minimum atomic E-state index is 0.597. The van der Waals surface area contributed by atoms with Gasteiger partial charge in [0.1, 0.15) is 0 Å². The molecule has 0 spiro atoms. The smallest absolute Gasteiger partial charge is 0.166 e. The zero-order chi connectivity index (χ0) is 11.2. The summed E-state index contributed by atoms with van der Waals surface area (Å²) in [5, 5.41) is 10.6. The van der Waals surface area contributed by atoms with Crippen LogP contribution in [0, 0.1) is 0 Å². The second kappa shape index (κ2) is 6.15. The van der Waals surface area contributed by atoms with Crippen molar-refractivity contribution in [2.45, 2.75) is 38.1 Å². The molecule has 1 aromatic heterocycles. The zero-order valence-corrected chi connectivity index (χ0v) is 10.9. The molecule has 1 fully saturated rings.